The third kappa shape index (κ3) is 2.42. The number of benzene rings is 1. The quantitative estimate of drug-likeness (QED) is 0.393. The molecular weight excluding hydrogens is 292 g/mol. The highest BCUT2D eigenvalue weighted by molar-refractivity contribution is 6.02. The van der Waals surface area contributed by atoms with E-state index in [2.05, 4.69) is 10.1 Å². The van der Waals surface area contributed by atoms with Crippen LogP contribution in [0.2, 0.25) is 0 Å². The van der Waals surface area contributed by atoms with E-state index < -0.39 is 5.54 Å². The van der Waals surface area contributed by atoms with Crippen LogP contribution in [-0.2, 0) is 12.1 Å². The zero-order chi connectivity index (χ0) is 16.6. The van der Waals surface area contributed by atoms with Crippen LogP contribution in [0.1, 0.15) is 41.0 Å². The topological polar surface area (TPSA) is 91.8 Å². The average Bonchev–Trinajstić information content (AvgIpc) is 2.92. The van der Waals surface area contributed by atoms with Gasteiger partial charge in [-0.1, -0.05) is 35.5 Å². The Kier molecular flexibility index (Phi) is 3.52. The van der Waals surface area contributed by atoms with Gasteiger partial charge in [-0.05, 0) is 25.5 Å². The summed E-state index contributed by atoms with van der Waals surface area (Å²) < 4.78 is 0. The number of carbonyl (C=O) groups excluding carboxylic acids is 1. The molecule has 1 aliphatic heterocycles. The van der Waals surface area contributed by atoms with Gasteiger partial charge in [0.05, 0.1) is 23.3 Å². The monoisotopic (exact) mass is 310 g/mol. The number of amides is 1. The van der Waals surface area contributed by atoms with Gasteiger partial charge in [-0.3, -0.25) is 9.78 Å². The first-order chi connectivity index (χ1) is 10.9. The first-order valence-electron chi connectivity index (χ1n) is 7.29. The molecule has 1 aromatic heterocycles. The van der Waals surface area contributed by atoms with E-state index in [-0.39, 0.29) is 11.7 Å². The van der Waals surface area contributed by atoms with Gasteiger partial charge in [0.15, 0.2) is 5.84 Å². The van der Waals surface area contributed by atoms with Crippen LogP contribution in [0.3, 0.4) is 0 Å². The molecule has 23 heavy (non-hydrogen) atoms. The lowest BCUT2D eigenvalue weighted by molar-refractivity contribution is 0.0566. The van der Waals surface area contributed by atoms with Crippen molar-refractivity contribution in [2.75, 3.05) is 0 Å². The molecule has 0 saturated carbocycles. The van der Waals surface area contributed by atoms with Crippen molar-refractivity contribution in [3.05, 3.63) is 65.0 Å². The second kappa shape index (κ2) is 5.39. The molecule has 0 fully saturated rings. The summed E-state index contributed by atoms with van der Waals surface area (Å²) in [5.41, 5.74) is 7.80. The van der Waals surface area contributed by atoms with Gasteiger partial charge in [0.1, 0.15) is 0 Å². The Morgan fingerprint density at radius 1 is 1.35 bits per heavy atom. The Hall–Kier alpha value is -2.89. The second-order valence-corrected chi connectivity index (χ2v) is 6.02. The van der Waals surface area contributed by atoms with Crippen LogP contribution in [0, 0.1) is 0 Å². The Bertz CT molecular complexity index is 784. The fraction of sp³-hybridized carbons (Fsp3) is 0.235. The minimum atomic E-state index is -0.462. The van der Waals surface area contributed by atoms with Crippen molar-refractivity contribution in [3.63, 3.8) is 0 Å². The number of nitrogens with zero attached hydrogens (tertiary/aromatic N) is 3. The lowest BCUT2D eigenvalue weighted by atomic mass is 9.92. The Balaban J connectivity index is 1.98. The van der Waals surface area contributed by atoms with Crippen molar-refractivity contribution in [3.8, 4) is 0 Å². The van der Waals surface area contributed by atoms with Crippen molar-refractivity contribution in [2.24, 2.45) is 10.9 Å². The number of oxime groups is 1. The molecule has 0 unspecified atom stereocenters. The van der Waals surface area contributed by atoms with Crippen molar-refractivity contribution < 1.29 is 10.0 Å². The highest BCUT2D eigenvalue weighted by Gasteiger charge is 2.39. The standard InChI is InChI=1S/C17H18N4O2/c1-17(2,12-6-4-3-5-7-12)21-10-14-13(16(21)22)8-11(9-19-14)15(18)20-23/h3-9,23H,10H2,1-2H3,(H2,18,20). The SMILES string of the molecule is CC(C)(c1ccccc1)N1Cc2ncc(/C(N)=N/O)cc2C1=O. The molecule has 118 valence electrons. The summed E-state index contributed by atoms with van der Waals surface area (Å²) in [4.78, 5) is 18.9. The van der Waals surface area contributed by atoms with Crippen LogP contribution in [0.5, 0.6) is 0 Å². The van der Waals surface area contributed by atoms with Crippen LogP contribution in [0.15, 0.2) is 47.8 Å². The zero-order valence-electron chi connectivity index (χ0n) is 13.0. The summed E-state index contributed by atoms with van der Waals surface area (Å²) in [5.74, 6) is -0.164. The minimum Gasteiger partial charge on any atom is -0.409 e. The predicted octanol–water partition coefficient (Wildman–Crippen LogP) is 2.07. The van der Waals surface area contributed by atoms with Crippen LogP contribution in [-0.4, -0.2) is 26.8 Å². The molecular formula is C17H18N4O2. The van der Waals surface area contributed by atoms with Gasteiger partial charge in [-0.2, -0.15) is 0 Å². The summed E-state index contributed by atoms with van der Waals surface area (Å²) >= 11 is 0. The molecule has 0 radical (unpaired) electrons. The van der Waals surface area contributed by atoms with Gasteiger partial charge in [0.2, 0.25) is 0 Å². The Morgan fingerprint density at radius 2 is 2.04 bits per heavy atom. The molecule has 0 bridgehead atoms. The fourth-order valence-electron chi connectivity index (χ4n) is 2.82. The summed E-state index contributed by atoms with van der Waals surface area (Å²) in [6.07, 6.45) is 1.51. The average molecular weight is 310 g/mol. The largest absolute Gasteiger partial charge is 0.409 e. The van der Waals surface area contributed by atoms with Crippen molar-refractivity contribution in [1.29, 1.82) is 0 Å². The molecule has 1 aromatic carbocycles. The summed E-state index contributed by atoms with van der Waals surface area (Å²) in [7, 11) is 0. The van der Waals surface area contributed by atoms with Gasteiger partial charge in [-0.25, -0.2) is 0 Å². The molecule has 6 heteroatoms. The highest BCUT2D eigenvalue weighted by Crippen LogP contribution is 2.35. The molecule has 0 spiro atoms. The zero-order valence-corrected chi connectivity index (χ0v) is 13.0. The van der Waals surface area contributed by atoms with E-state index in [1.807, 2.05) is 44.2 Å². The molecule has 3 N–H and O–H groups in total. The summed E-state index contributed by atoms with van der Waals surface area (Å²) in [5, 5.41) is 11.7. The molecule has 2 heterocycles. The molecule has 1 aliphatic rings. The van der Waals surface area contributed by atoms with E-state index in [1.54, 1.807) is 11.0 Å². The first-order valence-corrected chi connectivity index (χ1v) is 7.29. The lowest BCUT2D eigenvalue weighted by Crippen LogP contribution is -2.41. The molecule has 6 nitrogen and oxygen atoms in total. The smallest absolute Gasteiger partial charge is 0.256 e. The number of hydrogen-bond acceptors (Lipinski definition) is 4. The van der Waals surface area contributed by atoms with Crippen LogP contribution >= 0.6 is 0 Å². The third-order valence-corrected chi connectivity index (χ3v) is 4.31. The number of carbonyl (C=O) groups is 1. The van der Waals surface area contributed by atoms with Crippen LogP contribution < -0.4 is 5.73 Å². The van der Waals surface area contributed by atoms with Gasteiger partial charge in [0.25, 0.3) is 5.91 Å². The molecule has 0 saturated heterocycles. The summed E-state index contributed by atoms with van der Waals surface area (Å²) in [6.45, 7) is 4.46. The van der Waals surface area contributed by atoms with Crippen molar-refractivity contribution in [1.82, 2.24) is 9.88 Å². The van der Waals surface area contributed by atoms with Crippen LogP contribution in [0.25, 0.3) is 0 Å². The van der Waals surface area contributed by atoms with E-state index in [4.69, 9.17) is 10.9 Å². The summed E-state index contributed by atoms with van der Waals surface area (Å²) in [6, 6.07) is 11.5. The van der Waals surface area contributed by atoms with Gasteiger partial charge in [-0.15, -0.1) is 0 Å². The maximum absolute atomic E-state index is 12.8. The third-order valence-electron chi connectivity index (χ3n) is 4.31. The number of fused-ring (bicyclic) bond motifs is 1. The van der Waals surface area contributed by atoms with E-state index in [0.717, 1.165) is 5.56 Å². The first kappa shape index (κ1) is 15.0. The van der Waals surface area contributed by atoms with E-state index in [9.17, 15) is 4.79 Å². The molecule has 0 aliphatic carbocycles. The Morgan fingerprint density at radius 3 is 2.70 bits per heavy atom. The van der Waals surface area contributed by atoms with Crippen molar-refractivity contribution in [2.45, 2.75) is 25.9 Å². The Labute approximate surface area is 134 Å². The van der Waals surface area contributed by atoms with Gasteiger partial charge in [0, 0.05) is 11.8 Å². The van der Waals surface area contributed by atoms with E-state index in [1.165, 1.54) is 6.20 Å². The van der Waals surface area contributed by atoms with Crippen LogP contribution in [0.4, 0.5) is 0 Å². The molecule has 0 atom stereocenters. The second-order valence-electron chi connectivity index (χ2n) is 6.02. The van der Waals surface area contributed by atoms with E-state index >= 15 is 0 Å². The maximum Gasteiger partial charge on any atom is 0.256 e. The van der Waals surface area contributed by atoms with Crippen molar-refractivity contribution >= 4 is 11.7 Å². The maximum atomic E-state index is 12.8. The normalized spacial score (nSPS) is 15.0. The van der Waals surface area contributed by atoms with Gasteiger partial charge < -0.3 is 15.8 Å². The molecule has 3 rings (SSSR count). The fourth-order valence-corrected chi connectivity index (χ4v) is 2.82. The number of pyridine rings is 1. The number of rotatable bonds is 3. The highest BCUT2D eigenvalue weighted by atomic mass is 16.4. The lowest BCUT2D eigenvalue weighted by Gasteiger charge is -2.35. The van der Waals surface area contributed by atoms with E-state index in [0.29, 0.717) is 23.4 Å². The number of amidine groups is 1. The minimum absolute atomic E-state index is 0.0612. The van der Waals surface area contributed by atoms with Gasteiger partial charge >= 0.3 is 0 Å². The predicted molar refractivity (Wildman–Crippen MR) is 86.1 cm³/mol. The molecule has 1 amide bonds. The number of hydrogen-bond donors (Lipinski definition) is 2. The molecule has 2 aromatic rings. The number of aromatic nitrogens is 1. The number of nitrogens with two attached hydrogens (primary N) is 1.